The van der Waals surface area contributed by atoms with Crippen molar-refractivity contribution in [2.75, 3.05) is 25.4 Å². The number of rotatable bonds is 9. The van der Waals surface area contributed by atoms with Gasteiger partial charge in [0.1, 0.15) is 36.0 Å². The summed E-state index contributed by atoms with van der Waals surface area (Å²) in [5.41, 5.74) is 2.82. The van der Waals surface area contributed by atoms with Gasteiger partial charge in [-0.1, -0.05) is 35.9 Å². The first-order valence-electron chi connectivity index (χ1n) is 14.2. The molecule has 0 aromatic heterocycles. The summed E-state index contributed by atoms with van der Waals surface area (Å²) in [4.78, 5) is 14.8. The summed E-state index contributed by atoms with van der Waals surface area (Å²) < 4.78 is 26.4. The Kier molecular flexibility index (Phi) is 10.1. The van der Waals surface area contributed by atoms with Gasteiger partial charge in [-0.05, 0) is 79.3 Å². The number of carbonyl (C=O) groups is 1. The first-order valence-corrected chi connectivity index (χ1v) is 15.5. The molecular formula is C32H35ClFNO6S. The number of nitrogens with zero attached hydrogens (tertiary/aromatic N) is 1. The van der Waals surface area contributed by atoms with Crippen molar-refractivity contribution >= 4 is 29.3 Å². The molecule has 2 fully saturated rings. The quantitative estimate of drug-likeness (QED) is 0.291. The van der Waals surface area contributed by atoms with Gasteiger partial charge in [0.25, 0.3) is 5.91 Å². The second kappa shape index (κ2) is 13.8. The number of aliphatic hydroxyl groups excluding tert-OH is 3. The van der Waals surface area contributed by atoms with Crippen molar-refractivity contribution in [1.82, 2.24) is 4.90 Å². The Hall–Kier alpha value is -2.66. The van der Waals surface area contributed by atoms with Crippen LogP contribution in [0.25, 0.3) is 0 Å². The van der Waals surface area contributed by atoms with Crippen molar-refractivity contribution in [3.63, 3.8) is 0 Å². The fourth-order valence-corrected chi connectivity index (χ4v) is 6.60. The van der Waals surface area contributed by atoms with Crippen molar-refractivity contribution in [2.45, 2.75) is 61.6 Å². The third kappa shape index (κ3) is 6.93. The van der Waals surface area contributed by atoms with Crippen LogP contribution in [-0.4, -0.2) is 76.0 Å². The van der Waals surface area contributed by atoms with E-state index < -0.39 is 36.3 Å². The molecule has 3 N–H and O–H groups in total. The largest absolute Gasteiger partial charge is 0.494 e. The van der Waals surface area contributed by atoms with Gasteiger partial charge < -0.3 is 29.7 Å². The van der Waals surface area contributed by atoms with Crippen LogP contribution >= 0.6 is 23.4 Å². The minimum absolute atomic E-state index is 0.0896. The molecule has 224 valence electrons. The molecule has 5 rings (SSSR count). The summed E-state index contributed by atoms with van der Waals surface area (Å²) in [6, 6.07) is 17.2. The van der Waals surface area contributed by atoms with Gasteiger partial charge in [0.15, 0.2) is 0 Å². The van der Waals surface area contributed by atoms with E-state index in [1.807, 2.05) is 37.3 Å². The predicted octanol–water partition coefficient (Wildman–Crippen LogP) is 5.02. The van der Waals surface area contributed by atoms with Gasteiger partial charge in [0.05, 0.1) is 12.7 Å². The number of benzene rings is 3. The maximum absolute atomic E-state index is 14.7. The summed E-state index contributed by atoms with van der Waals surface area (Å²) in [6.45, 7) is 3.88. The van der Waals surface area contributed by atoms with E-state index in [-0.39, 0.29) is 16.6 Å². The normalized spacial score (nSPS) is 24.1. The standard InChI is InChI=1S/C32H35ClFNO6S/c1-2-40-23-9-5-19(6-10-23)15-22-16-20(7-11-24(22)33)31-30(38)29(37)28(36)26(41-31)18-42-27-17-21(8-12-25(27)34)32(39)35-13-3-4-14-35/h5-12,16-17,26,28-31,36-38H,2-4,13-15,18H2,1H3/t26-,28-,29+,30?,31+/m1/s1. The van der Waals surface area contributed by atoms with Gasteiger partial charge in [0, 0.05) is 34.3 Å². The molecule has 0 aliphatic carbocycles. The number of aliphatic hydroxyl groups is 3. The Bertz CT molecular complexity index is 1390. The lowest BCUT2D eigenvalue weighted by Crippen LogP contribution is -2.54. The van der Waals surface area contributed by atoms with Crippen LogP contribution in [0, 0.1) is 5.82 Å². The zero-order valence-corrected chi connectivity index (χ0v) is 24.9. The van der Waals surface area contributed by atoms with Gasteiger partial charge in [-0.2, -0.15) is 0 Å². The predicted molar refractivity (Wildman–Crippen MR) is 160 cm³/mol. The van der Waals surface area contributed by atoms with Crippen LogP contribution in [0.4, 0.5) is 4.39 Å². The van der Waals surface area contributed by atoms with Crippen LogP contribution in [0.5, 0.6) is 5.75 Å². The minimum atomic E-state index is -1.48. The summed E-state index contributed by atoms with van der Waals surface area (Å²) in [6.07, 6.45) is -3.69. The van der Waals surface area contributed by atoms with Crippen LogP contribution in [0.1, 0.15) is 52.9 Å². The van der Waals surface area contributed by atoms with Crippen LogP contribution in [0.3, 0.4) is 0 Å². The van der Waals surface area contributed by atoms with E-state index >= 15 is 0 Å². The van der Waals surface area contributed by atoms with Gasteiger partial charge in [0.2, 0.25) is 0 Å². The topological polar surface area (TPSA) is 99.5 Å². The van der Waals surface area contributed by atoms with Crippen molar-refractivity contribution in [3.8, 4) is 5.75 Å². The van der Waals surface area contributed by atoms with Crippen LogP contribution in [-0.2, 0) is 11.2 Å². The van der Waals surface area contributed by atoms with Crippen molar-refractivity contribution in [1.29, 1.82) is 0 Å². The molecule has 2 aliphatic heterocycles. The maximum Gasteiger partial charge on any atom is 0.253 e. The third-order valence-corrected chi connectivity index (χ3v) is 9.20. The second-order valence-electron chi connectivity index (χ2n) is 10.6. The summed E-state index contributed by atoms with van der Waals surface area (Å²) in [5.74, 6) is 0.246. The molecule has 2 heterocycles. The highest BCUT2D eigenvalue weighted by atomic mass is 35.5. The van der Waals surface area contributed by atoms with Crippen molar-refractivity contribution < 1.29 is 34.0 Å². The van der Waals surface area contributed by atoms with E-state index in [0.29, 0.717) is 42.3 Å². The average Bonchev–Trinajstić information content (AvgIpc) is 3.54. The zero-order valence-electron chi connectivity index (χ0n) is 23.3. The lowest BCUT2D eigenvalue weighted by molar-refractivity contribution is -0.218. The summed E-state index contributed by atoms with van der Waals surface area (Å²) in [7, 11) is 0. The van der Waals surface area contributed by atoms with E-state index in [1.165, 1.54) is 18.2 Å². The first kappa shape index (κ1) is 30.8. The lowest BCUT2D eigenvalue weighted by Gasteiger charge is -2.41. The fraction of sp³-hybridized carbons (Fsp3) is 0.406. The molecule has 7 nitrogen and oxygen atoms in total. The number of ether oxygens (including phenoxy) is 2. The minimum Gasteiger partial charge on any atom is -0.494 e. The van der Waals surface area contributed by atoms with Gasteiger partial charge >= 0.3 is 0 Å². The summed E-state index contributed by atoms with van der Waals surface area (Å²) >= 11 is 7.60. The van der Waals surface area contributed by atoms with Crippen molar-refractivity contribution in [2.24, 2.45) is 0 Å². The number of hydrogen-bond acceptors (Lipinski definition) is 7. The third-order valence-electron chi connectivity index (χ3n) is 7.71. The Morgan fingerprint density at radius 2 is 1.76 bits per heavy atom. The average molecular weight is 616 g/mol. The van der Waals surface area contributed by atoms with Crippen LogP contribution < -0.4 is 4.74 Å². The van der Waals surface area contributed by atoms with Crippen LogP contribution in [0.15, 0.2) is 65.6 Å². The highest BCUT2D eigenvalue weighted by molar-refractivity contribution is 7.99. The van der Waals surface area contributed by atoms with Gasteiger partial charge in [-0.3, -0.25) is 4.79 Å². The molecule has 1 amide bonds. The van der Waals surface area contributed by atoms with Gasteiger partial charge in [-0.25, -0.2) is 4.39 Å². The number of likely N-dealkylation sites (tertiary alicyclic amines) is 1. The summed E-state index contributed by atoms with van der Waals surface area (Å²) in [5, 5.41) is 32.8. The Morgan fingerprint density at radius 3 is 2.48 bits per heavy atom. The molecule has 0 radical (unpaired) electrons. The molecule has 0 saturated carbocycles. The molecule has 2 aliphatic rings. The molecule has 3 aromatic rings. The molecule has 0 bridgehead atoms. The monoisotopic (exact) mass is 615 g/mol. The molecular weight excluding hydrogens is 581 g/mol. The van der Waals surface area contributed by atoms with E-state index in [2.05, 4.69) is 0 Å². The van der Waals surface area contributed by atoms with Crippen molar-refractivity contribution in [3.05, 3.63) is 93.8 Å². The Labute approximate surface area is 254 Å². The van der Waals surface area contributed by atoms with E-state index in [9.17, 15) is 24.5 Å². The number of amides is 1. The molecule has 3 aromatic carbocycles. The molecule has 2 saturated heterocycles. The SMILES string of the molecule is CCOc1ccc(Cc2cc([C@@H]3O[C@H](CSc4cc(C(=O)N5CCCC5)ccc4F)[C@@H](O)[C@H](O)C3O)ccc2Cl)cc1. The highest BCUT2D eigenvalue weighted by Gasteiger charge is 2.44. The first-order chi connectivity index (χ1) is 20.2. The molecule has 10 heteroatoms. The Balaban J connectivity index is 1.30. The highest BCUT2D eigenvalue weighted by Crippen LogP contribution is 2.37. The van der Waals surface area contributed by atoms with Gasteiger partial charge in [-0.15, -0.1) is 11.8 Å². The Morgan fingerprint density at radius 1 is 1.02 bits per heavy atom. The smallest absolute Gasteiger partial charge is 0.253 e. The number of halogens is 2. The van der Waals surface area contributed by atoms with E-state index in [4.69, 9.17) is 21.1 Å². The lowest BCUT2D eigenvalue weighted by atomic mass is 9.90. The molecule has 1 unspecified atom stereocenters. The molecule has 42 heavy (non-hydrogen) atoms. The molecule has 5 atom stereocenters. The second-order valence-corrected chi connectivity index (χ2v) is 12.1. The fourth-order valence-electron chi connectivity index (χ4n) is 5.38. The molecule has 0 spiro atoms. The maximum atomic E-state index is 14.7. The van der Waals surface area contributed by atoms with Crippen LogP contribution in [0.2, 0.25) is 5.02 Å². The zero-order chi connectivity index (χ0) is 29.8. The van der Waals surface area contributed by atoms with E-state index in [0.717, 1.165) is 41.5 Å². The van der Waals surface area contributed by atoms with E-state index in [1.54, 1.807) is 17.0 Å². The number of thioether (sulfide) groups is 1. The number of hydrogen-bond donors (Lipinski definition) is 3. The number of carbonyl (C=O) groups excluding carboxylic acids is 1.